The summed E-state index contributed by atoms with van der Waals surface area (Å²) in [6.45, 7) is 1.14. The topological polar surface area (TPSA) is 59.2 Å². The summed E-state index contributed by atoms with van der Waals surface area (Å²) in [5.74, 6) is 0.238. The van der Waals surface area contributed by atoms with E-state index < -0.39 is 11.7 Å². The number of alkyl halides is 3. The third kappa shape index (κ3) is 2.99. The molecule has 0 atom stereocenters. The Morgan fingerprint density at radius 1 is 1.36 bits per heavy atom. The van der Waals surface area contributed by atoms with Crippen LogP contribution in [0.15, 0.2) is 15.3 Å². The molecule has 0 saturated carbocycles. The number of amides is 1. The predicted molar refractivity (Wildman–Crippen MR) is 72.1 cm³/mol. The molecule has 2 aromatic heterocycles. The van der Waals surface area contributed by atoms with Gasteiger partial charge in [0.25, 0.3) is 0 Å². The Labute approximate surface area is 127 Å². The van der Waals surface area contributed by atoms with E-state index >= 15 is 0 Å². The average Bonchev–Trinajstić information content (AvgIpc) is 3.15. The van der Waals surface area contributed by atoms with Crippen LogP contribution in [0.25, 0.3) is 11.4 Å². The minimum Gasteiger partial charge on any atom is -0.342 e. The van der Waals surface area contributed by atoms with Crippen LogP contribution in [-0.2, 0) is 17.4 Å². The van der Waals surface area contributed by atoms with Crippen LogP contribution in [0.2, 0.25) is 0 Å². The summed E-state index contributed by atoms with van der Waals surface area (Å²) in [5.41, 5.74) is -0.843. The molecule has 2 aromatic rings. The van der Waals surface area contributed by atoms with E-state index in [0.29, 0.717) is 25.9 Å². The van der Waals surface area contributed by atoms with E-state index in [2.05, 4.69) is 10.1 Å². The lowest BCUT2D eigenvalue weighted by Gasteiger charge is -2.13. The molecule has 0 bridgehead atoms. The Balaban J connectivity index is 1.71. The first-order chi connectivity index (χ1) is 10.4. The number of rotatable bonds is 4. The van der Waals surface area contributed by atoms with Gasteiger partial charge in [-0.05, 0) is 6.42 Å². The molecule has 22 heavy (non-hydrogen) atoms. The lowest BCUT2D eigenvalue weighted by Crippen LogP contribution is -2.26. The molecule has 9 heteroatoms. The maximum absolute atomic E-state index is 12.8. The molecule has 5 nitrogen and oxygen atoms in total. The molecule has 1 saturated heterocycles. The van der Waals surface area contributed by atoms with Crippen LogP contribution in [-0.4, -0.2) is 34.0 Å². The molecule has 1 aliphatic rings. The lowest BCUT2D eigenvalue weighted by molar-refractivity contribution is -0.136. The van der Waals surface area contributed by atoms with Crippen molar-refractivity contribution in [3.63, 3.8) is 0 Å². The molecular formula is C13H12F3N3O2S. The molecular weight excluding hydrogens is 319 g/mol. The monoisotopic (exact) mass is 331 g/mol. The zero-order valence-electron chi connectivity index (χ0n) is 11.4. The van der Waals surface area contributed by atoms with Crippen molar-refractivity contribution in [3.05, 3.63) is 22.2 Å². The molecule has 0 spiro atoms. The summed E-state index contributed by atoms with van der Waals surface area (Å²) < 4.78 is 43.5. The largest absolute Gasteiger partial charge is 0.417 e. The molecule has 0 aliphatic carbocycles. The predicted octanol–water partition coefficient (Wildman–Crippen LogP) is 2.98. The van der Waals surface area contributed by atoms with Crippen LogP contribution in [0.3, 0.4) is 0 Å². The van der Waals surface area contributed by atoms with Crippen molar-refractivity contribution in [1.29, 1.82) is 0 Å². The zero-order chi connectivity index (χ0) is 15.7. The van der Waals surface area contributed by atoms with Gasteiger partial charge in [0.1, 0.15) is 0 Å². The fourth-order valence-electron chi connectivity index (χ4n) is 2.33. The highest BCUT2D eigenvalue weighted by Gasteiger charge is 2.35. The summed E-state index contributed by atoms with van der Waals surface area (Å²) in [4.78, 5) is 17.2. The number of hydrogen-bond acceptors (Lipinski definition) is 5. The minimum absolute atomic E-state index is 0.0728. The Bertz CT molecular complexity index is 680. The minimum atomic E-state index is -4.45. The van der Waals surface area contributed by atoms with E-state index in [9.17, 15) is 18.0 Å². The average molecular weight is 331 g/mol. The van der Waals surface area contributed by atoms with Gasteiger partial charge in [0.05, 0.1) is 5.56 Å². The molecule has 3 heterocycles. The highest BCUT2D eigenvalue weighted by Crippen LogP contribution is 2.38. The van der Waals surface area contributed by atoms with Crippen LogP contribution >= 0.6 is 11.3 Å². The highest BCUT2D eigenvalue weighted by molar-refractivity contribution is 7.08. The Morgan fingerprint density at radius 3 is 2.86 bits per heavy atom. The lowest BCUT2D eigenvalue weighted by atomic mass is 10.2. The first kappa shape index (κ1) is 15.0. The Morgan fingerprint density at radius 2 is 2.18 bits per heavy atom. The second-order valence-corrected chi connectivity index (χ2v) is 5.69. The number of aromatic nitrogens is 2. The second-order valence-electron chi connectivity index (χ2n) is 4.94. The third-order valence-electron chi connectivity index (χ3n) is 3.44. The molecule has 1 aliphatic heterocycles. The molecule has 1 fully saturated rings. The van der Waals surface area contributed by atoms with E-state index in [4.69, 9.17) is 4.52 Å². The smallest absolute Gasteiger partial charge is 0.342 e. The molecule has 0 aromatic carbocycles. The van der Waals surface area contributed by atoms with Crippen LogP contribution in [0.4, 0.5) is 13.2 Å². The van der Waals surface area contributed by atoms with E-state index in [0.717, 1.165) is 23.1 Å². The maximum Gasteiger partial charge on any atom is 0.417 e. The quantitative estimate of drug-likeness (QED) is 0.864. The van der Waals surface area contributed by atoms with Crippen molar-refractivity contribution in [2.24, 2.45) is 0 Å². The van der Waals surface area contributed by atoms with Gasteiger partial charge in [0.2, 0.25) is 17.6 Å². The zero-order valence-corrected chi connectivity index (χ0v) is 12.2. The fraction of sp³-hybridized carbons (Fsp3) is 0.462. The third-order valence-corrected chi connectivity index (χ3v) is 4.19. The van der Waals surface area contributed by atoms with E-state index in [-0.39, 0.29) is 23.2 Å². The van der Waals surface area contributed by atoms with Gasteiger partial charge in [-0.15, -0.1) is 0 Å². The fourth-order valence-corrected chi connectivity index (χ4v) is 3.16. The van der Waals surface area contributed by atoms with Gasteiger partial charge in [-0.3, -0.25) is 4.79 Å². The van der Waals surface area contributed by atoms with Crippen LogP contribution in [0.5, 0.6) is 0 Å². The van der Waals surface area contributed by atoms with E-state index in [1.165, 1.54) is 5.38 Å². The molecule has 0 radical (unpaired) electrons. The number of thiophene rings is 1. The summed E-state index contributed by atoms with van der Waals surface area (Å²) in [6, 6.07) is 0. The summed E-state index contributed by atoms with van der Waals surface area (Å²) >= 11 is 0.937. The highest BCUT2D eigenvalue weighted by atomic mass is 32.1. The van der Waals surface area contributed by atoms with Gasteiger partial charge >= 0.3 is 6.18 Å². The normalized spacial score (nSPS) is 15.8. The number of hydrogen-bond donors (Lipinski definition) is 0. The van der Waals surface area contributed by atoms with Crippen molar-refractivity contribution in [3.8, 4) is 11.4 Å². The molecule has 118 valence electrons. The Hall–Kier alpha value is -1.90. The van der Waals surface area contributed by atoms with Gasteiger partial charge in [-0.25, -0.2) is 0 Å². The second kappa shape index (κ2) is 5.71. The van der Waals surface area contributed by atoms with Crippen LogP contribution in [0, 0.1) is 0 Å². The Kier molecular flexibility index (Phi) is 3.90. The van der Waals surface area contributed by atoms with Crippen molar-refractivity contribution in [2.45, 2.75) is 25.4 Å². The number of nitrogens with zero attached hydrogens (tertiary/aromatic N) is 3. The van der Waals surface area contributed by atoms with E-state index in [1.54, 1.807) is 4.90 Å². The molecule has 3 rings (SSSR count). The van der Waals surface area contributed by atoms with Crippen molar-refractivity contribution >= 4 is 17.2 Å². The molecule has 1 amide bonds. The summed E-state index contributed by atoms with van der Waals surface area (Å²) in [7, 11) is 0. The van der Waals surface area contributed by atoms with Crippen molar-refractivity contribution in [2.75, 3.05) is 13.1 Å². The van der Waals surface area contributed by atoms with Crippen LogP contribution in [0.1, 0.15) is 24.3 Å². The SMILES string of the molecule is O=C1CCCN1CCc1nc(-c2cscc2C(F)(F)F)no1. The van der Waals surface area contributed by atoms with Crippen molar-refractivity contribution < 1.29 is 22.5 Å². The van der Waals surface area contributed by atoms with Gasteiger partial charge < -0.3 is 9.42 Å². The van der Waals surface area contributed by atoms with Crippen molar-refractivity contribution in [1.82, 2.24) is 15.0 Å². The standard InChI is InChI=1S/C13H12F3N3O2S/c14-13(15,16)9-7-22-6-8(9)12-17-10(21-18-12)3-5-19-4-1-2-11(19)20/h6-7H,1-5H2. The number of likely N-dealkylation sites (tertiary alicyclic amines) is 1. The maximum atomic E-state index is 12.8. The first-order valence-electron chi connectivity index (χ1n) is 6.69. The summed E-state index contributed by atoms with van der Waals surface area (Å²) in [6.07, 6.45) is -2.74. The van der Waals surface area contributed by atoms with Crippen LogP contribution < -0.4 is 0 Å². The van der Waals surface area contributed by atoms with Gasteiger partial charge in [-0.1, -0.05) is 5.16 Å². The van der Waals surface area contributed by atoms with Gasteiger partial charge in [0.15, 0.2) is 0 Å². The molecule has 0 N–H and O–H groups in total. The van der Waals surface area contributed by atoms with Gasteiger partial charge in [-0.2, -0.15) is 29.5 Å². The number of carbonyl (C=O) groups excluding carboxylic acids is 1. The first-order valence-corrected chi connectivity index (χ1v) is 7.63. The molecule has 0 unspecified atom stereocenters. The summed E-state index contributed by atoms with van der Waals surface area (Å²) in [5, 5.41) is 5.98. The number of carbonyl (C=O) groups is 1. The van der Waals surface area contributed by atoms with Gasteiger partial charge in [0, 0.05) is 42.3 Å². The number of halogens is 3. The van der Waals surface area contributed by atoms with E-state index in [1.807, 2.05) is 0 Å².